The highest BCUT2D eigenvalue weighted by atomic mass is 19.4. The van der Waals surface area contributed by atoms with Crippen LogP contribution in [0.2, 0.25) is 0 Å². The van der Waals surface area contributed by atoms with Crippen molar-refractivity contribution in [2.24, 2.45) is 5.73 Å². The van der Waals surface area contributed by atoms with Crippen molar-refractivity contribution in [3.8, 4) is 11.8 Å². The molecule has 7 N–H and O–H groups in total. The number of aromatic nitrogens is 4. The second-order valence-corrected chi connectivity index (χ2v) is 11.7. The van der Waals surface area contributed by atoms with E-state index in [0.29, 0.717) is 31.1 Å². The van der Waals surface area contributed by atoms with E-state index < -0.39 is 67.2 Å². The van der Waals surface area contributed by atoms with Crippen LogP contribution in [0.5, 0.6) is 11.8 Å². The summed E-state index contributed by atoms with van der Waals surface area (Å²) in [5.74, 6) is -2.76. The number of aliphatic hydroxyl groups is 2. The molecule has 0 radical (unpaired) electrons. The van der Waals surface area contributed by atoms with Gasteiger partial charge < -0.3 is 60.5 Å². The Balaban J connectivity index is 1.52. The maximum atomic E-state index is 13.8. The minimum Gasteiger partial charge on any atom is -0.497 e. The number of amides is 3. The number of urea groups is 1. The molecule has 53 heavy (non-hydrogen) atoms. The lowest BCUT2D eigenvalue weighted by Gasteiger charge is -2.25. The molecular formula is C31H42F3N9O10. The minimum absolute atomic E-state index is 0.00490. The van der Waals surface area contributed by atoms with Crippen molar-refractivity contribution in [2.45, 2.75) is 43.1 Å². The largest absolute Gasteiger partial charge is 0.497 e. The van der Waals surface area contributed by atoms with Crippen molar-refractivity contribution >= 4 is 34.9 Å². The molecule has 1 aromatic carbocycles. The predicted molar refractivity (Wildman–Crippen MR) is 178 cm³/mol. The first-order chi connectivity index (χ1) is 25.3. The molecule has 22 heteroatoms. The number of hydrogen-bond acceptors (Lipinski definition) is 15. The number of halogens is 3. The number of carbonyl (C=O) groups is 3. The number of nitrogens with one attached hydrogen (secondary N) is 3. The number of hydrogen-bond donors (Lipinski definition) is 6. The Morgan fingerprint density at radius 3 is 2.42 bits per heavy atom. The molecule has 1 fully saturated rings. The molecular weight excluding hydrogens is 715 g/mol. The quantitative estimate of drug-likeness (QED) is 0.0674. The summed E-state index contributed by atoms with van der Waals surface area (Å²) in [6.07, 6.45) is -8.40. The number of nitrogens with two attached hydrogens (primary N) is 1. The zero-order valence-electron chi connectivity index (χ0n) is 29.0. The van der Waals surface area contributed by atoms with Gasteiger partial charge in [-0.1, -0.05) is 12.1 Å². The maximum absolute atomic E-state index is 13.8. The molecule has 2 aromatic heterocycles. The lowest BCUT2D eigenvalue weighted by atomic mass is 10.0. The van der Waals surface area contributed by atoms with Gasteiger partial charge in [0, 0.05) is 33.6 Å². The second-order valence-electron chi connectivity index (χ2n) is 11.7. The van der Waals surface area contributed by atoms with Crippen molar-refractivity contribution in [2.75, 3.05) is 72.2 Å². The number of methoxy groups -OCH3 is 1. The molecule has 19 nitrogen and oxygen atoms in total. The summed E-state index contributed by atoms with van der Waals surface area (Å²) in [6.45, 7) is 0.982. The Hall–Kier alpha value is -4.87. The maximum Gasteiger partial charge on any atom is 0.491 e. The van der Waals surface area contributed by atoms with Gasteiger partial charge in [-0.05, 0) is 17.7 Å². The third-order valence-corrected chi connectivity index (χ3v) is 7.75. The van der Waals surface area contributed by atoms with Gasteiger partial charge in [-0.3, -0.25) is 9.36 Å². The Labute approximate surface area is 300 Å². The summed E-state index contributed by atoms with van der Waals surface area (Å²) >= 11 is 0. The molecule has 3 aromatic rings. The van der Waals surface area contributed by atoms with Gasteiger partial charge in [-0.2, -0.15) is 23.1 Å². The summed E-state index contributed by atoms with van der Waals surface area (Å²) in [5, 5.41) is 29.5. The number of anilines is 1. The van der Waals surface area contributed by atoms with Gasteiger partial charge >= 0.3 is 24.2 Å². The van der Waals surface area contributed by atoms with Crippen LogP contribution in [0.25, 0.3) is 11.2 Å². The lowest BCUT2D eigenvalue weighted by Crippen LogP contribution is -2.57. The Morgan fingerprint density at radius 1 is 1.09 bits per heavy atom. The summed E-state index contributed by atoms with van der Waals surface area (Å²) < 4.78 is 66.0. The number of nitrogens with zero attached hydrogens (tertiary/aromatic N) is 5. The minimum atomic E-state index is -5.34. The fourth-order valence-electron chi connectivity index (χ4n) is 5.20. The van der Waals surface area contributed by atoms with Crippen LogP contribution in [0.1, 0.15) is 11.8 Å². The van der Waals surface area contributed by atoms with Crippen LogP contribution in [0.4, 0.5) is 23.8 Å². The molecule has 1 aliphatic rings. The Bertz CT molecular complexity index is 1680. The predicted octanol–water partition coefficient (Wildman–Crippen LogP) is -0.994. The van der Waals surface area contributed by atoms with E-state index in [-0.39, 0.29) is 43.2 Å². The topological polar surface area (TPSA) is 247 Å². The molecule has 0 unspecified atom stereocenters. The molecule has 0 spiro atoms. The van der Waals surface area contributed by atoms with E-state index >= 15 is 0 Å². The summed E-state index contributed by atoms with van der Waals surface area (Å²) in [5.41, 5.74) is 5.87. The number of fused-ring (bicyclic) bond motifs is 1. The van der Waals surface area contributed by atoms with Gasteiger partial charge in [-0.25, -0.2) is 14.6 Å². The molecule has 3 amide bonds. The number of aliphatic hydroxyl groups excluding tert-OH is 2. The molecule has 292 valence electrons. The first-order valence-corrected chi connectivity index (χ1v) is 16.3. The molecule has 3 heterocycles. The summed E-state index contributed by atoms with van der Waals surface area (Å²) in [7, 11) is 4.52. The lowest BCUT2D eigenvalue weighted by molar-refractivity contribution is -0.190. The van der Waals surface area contributed by atoms with E-state index in [1.54, 1.807) is 24.3 Å². The smallest absolute Gasteiger partial charge is 0.491 e. The van der Waals surface area contributed by atoms with Crippen LogP contribution in [0.3, 0.4) is 0 Å². The fraction of sp³-hybridized carbons (Fsp3) is 0.548. The van der Waals surface area contributed by atoms with Gasteiger partial charge in [-0.15, -0.1) is 0 Å². The molecule has 1 saturated heterocycles. The third-order valence-electron chi connectivity index (χ3n) is 7.75. The monoisotopic (exact) mass is 757 g/mol. The van der Waals surface area contributed by atoms with Crippen molar-refractivity contribution < 1.29 is 61.5 Å². The molecule has 5 atom stereocenters. The van der Waals surface area contributed by atoms with Crippen molar-refractivity contribution in [1.82, 2.24) is 35.5 Å². The van der Waals surface area contributed by atoms with E-state index in [2.05, 4.69) is 35.6 Å². The van der Waals surface area contributed by atoms with Crippen LogP contribution < -0.4 is 36.1 Å². The molecule has 0 saturated carbocycles. The van der Waals surface area contributed by atoms with E-state index in [9.17, 15) is 37.8 Å². The highest BCUT2D eigenvalue weighted by molar-refractivity contribution is 5.88. The van der Waals surface area contributed by atoms with E-state index in [0.717, 1.165) is 10.9 Å². The van der Waals surface area contributed by atoms with Crippen LogP contribution in [-0.2, 0) is 30.2 Å². The number of esters is 1. The van der Waals surface area contributed by atoms with Gasteiger partial charge in [0.1, 0.15) is 24.0 Å². The first kappa shape index (κ1) is 40.9. The van der Waals surface area contributed by atoms with Crippen molar-refractivity contribution in [3.63, 3.8) is 0 Å². The van der Waals surface area contributed by atoms with Crippen LogP contribution in [-0.4, -0.2) is 145 Å². The normalized spacial score (nSPS) is 19.1. The average Bonchev–Trinajstić information content (AvgIpc) is 3.68. The molecule has 4 rings (SSSR count). The number of benzene rings is 1. The SMILES string of the molecule is COc1ccc(C[C@H](NC(=O)NCCOCCOCCN)C(=O)N[C@H]2[C@@H](O)[C@H](n3cnc4c(N(C)C)nc(OC(=O)C(F)(F)F)nc43)O[C@@H]2CO)cc1. The second kappa shape index (κ2) is 18.8. The molecule has 1 aliphatic heterocycles. The zero-order valence-corrected chi connectivity index (χ0v) is 29.0. The van der Waals surface area contributed by atoms with Crippen LogP contribution >= 0.6 is 0 Å². The number of imidazole rings is 1. The highest BCUT2D eigenvalue weighted by Gasteiger charge is 2.47. The van der Waals surface area contributed by atoms with Crippen molar-refractivity contribution in [3.05, 3.63) is 36.2 Å². The van der Waals surface area contributed by atoms with Crippen LogP contribution in [0, 0.1) is 0 Å². The van der Waals surface area contributed by atoms with E-state index in [1.165, 1.54) is 26.1 Å². The number of rotatable bonds is 18. The number of ether oxygens (including phenoxy) is 5. The van der Waals surface area contributed by atoms with Gasteiger partial charge in [0.25, 0.3) is 0 Å². The van der Waals surface area contributed by atoms with Gasteiger partial charge in [0.05, 0.1) is 52.5 Å². The van der Waals surface area contributed by atoms with Gasteiger partial charge in [0.2, 0.25) is 5.91 Å². The zero-order chi connectivity index (χ0) is 38.7. The first-order valence-electron chi connectivity index (χ1n) is 16.3. The van der Waals surface area contributed by atoms with Gasteiger partial charge in [0.15, 0.2) is 23.2 Å². The van der Waals surface area contributed by atoms with E-state index in [1.807, 2.05) is 0 Å². The van der Waals surface area contributed by atoms with Crippen molar-refractivity contribution in [1.29, 1.82) is 0 Å². The fourth-order valence-corrected chi connectivity index (χ4v) is 5.20. The average molecular weight is 758 g/mol. The number of alkyl halides is 3. The standard InChI is InChI=1S/C31H42F3N9O10/c1-42(2)24-22-25(41-30(40-24)53-28(47)31(32,33)34)43(16-37-22)27-23(45)21(20(15-44)52-27)39-26(46)19(14-17-4-6-18(49-3)7-5-17)38-29(48)36-9-11-51-13-12-50-10-8-35/h4-7,16,19-21,23,27,44-45H,8-15,35H2,1-3H3,(H,39,46)(H2,36,38,48)/t19-,20+,21+,23+,27+/m0/s1. The molecule has 0 aliphatic carbocycles. The van der Waals surface area contributed by atoms with Crippen LogP contribution in [0.15, 0.2) is 30.6 Å². The summed E-state index contributed by atoms with van der Waals surface area (Å²) in [6, 6.07) is 2.65. The Kier molecular flexibility index (Phi) is 14.5. The Morgan fingerprint density at radius 2 is 1.79 bits per heavy atom. The third kappa shape index (κ3) is 10.8. The molecule has 0 bridgehead atoms. The highest BCUT2D eigenvalue weighted by Crippen LogP contribution is 2.34. The summed E-state index contributed by atoms with van der Waals surface area (Å²) in [4.78, 5) is 51.5. The van der Waals surface area contributed by atoms with E-state index in [4.69, 9.17) is 24.7 Å². The number of carbonyl (C=O) groups excluding carboxylic acids is 3.